The summed E-state index contributed by atoms with van der Waals surface area (Å²) in [7, 11) is 0. The molecule has 1 fully saturated rings. The molecule has 1 atom stereocenters. The number of aromatic nitrogens is 5. The van der Waals surface area contributed by atoms with Crippen molar-refractivity contribution in [1.82, 2.24) is 24.7 Å². The standard InChI is InChI=1S/C18H15FN6O2S/c19-13-5-1-3-11(9-13)15-21-16(27-23-15)12-4-2-8-24(10-12)18-22-25-14(26)6-7-20-17(25)28-18/h1,3,5-7,9,12H,2,4,8,10H2. The molecule has 4 aromatic rings. The predicted molar refractivity (Wildman–Crippen MR) is 101 cm³/mol. The normalized spacial score (nSPS) is 17.3. The zero-order chi connectivity index (χ0) is 19.1. The number of fused-ring (bicyclic) bond motifs is 1. The van der Waals surface area contributed by atoms with Gasteiger partial charge in [0.1, 0.15) is 5.82 Å². The van der Waals surface area contributed by atoms with E-state index in [0.29, 0.717) is 28.8 Å². The van der Waals surface area contributed by atoms with Crippen LogP contribution in [-0.2, 0) is 0 Å². The fraction of sp³-hybridized carbons (Fsp3) is 0.278. The molecular weight excluding hydrogens is 383 g/mol. The second-order valence-corrected chi connectivity index (χ2v) is 7.55. The van der Waals surface area contributed by atoms with Gasteiger partial charge in [-0.2, -0.15) is 9.50 Å². The largest absolute Gasteiger partial charge is 0.346 e. The lowest BCUT2D eigenvalue weighted by Crippen LogP contribution is -2.34. The Bertz CT molecular complexity index is 1200. The predicted octanol–water partition coefficient (Wildman–Crippen LogP) is 2.72. The summed E-state index contributed by atoms with van der Waals surface area (Å²) in [4.78, 5) is 23.3. The molecule has 4 heterocycles. The number of hydrogen-bond acceptors (Lipinski definition) is 8. The van der Waals surface area contributed by atoms with Crippen LogP contribution in [0.2, 0.25) is 0 Å². The van der Waals surface area contributed by atoms with Gasteiger partial charge >= 0.3 is 0 Å². The average molecular weight is 398 g/mol. The van der Waals surface area contributed by atoms with Crippen molar-refractivity contribution in [1.29, 1.82) is 0 Å². The summed E-state index contributed by atoms with van der Waals surface area (Å²) in [6, 6.07) is 7.51. The number of benzene rings is 1. The van der Waals surface area contributed by atoms with Gasteiger partial charge in [0.15, 0.2) is 0 Å². The fourth-order valence-electron chi connectivity index (χ4n) is 3.36. The summed E-state index contributed by atoms with van der Waals surface area (Å²) in [5.41, 5.74) is 0.386. The first-order chi connectivity index (χ1) is 13.7. The van der Waals surface area contributed by atoms with E-state index in [1.807, 2.05) is 0 Å². The summed E-state index contributed by atoms with van der Waals surface area (Å²) in [6.45, 7) is 1.48. The lowest BCUT2D eigenvalue weighted by molar-refractivity contribution is 0.333. The van der Waals surface area contributed by atoms with Crippen LogP contribution in [0.1, 0.15) is 24.7 Å². The first-order valence-corrected chi connectivity index (χ1v) is 9.68. The van der Waals surface area contributed by atoms with E-state index in [9.17, 15) is 9.18 Å². The molecule has 5 rings (SSSR count). The minimum atomic E-state index is -0.340. The number of hydrogen-bond donors (Lipinski definition) is 0. The maximum Gasteiger partial charge on any atom is 0.275 e. The molecule has 1 unspecified atom stereocenters. The molecule has 28 heavy (non-hydrogen) atoms. The van der Waals surface area contributed by atoms with Crippen molar-refractivity contribution in [3.05, 3.63) is 58.6 Å². The summed E-state index contributed by atoms with van der Waals surface area (Å²) in [6.07, 6.45) is 3.33. The highest BCUT2D eigenvalue weighted by Crippen LogP contribution is 2.31. The van der Waals surface area contributed by atoms with Crippen molar-refractivity contribution >= 4 is 21.4 Å². The Labute approximate surface area is 162 Å². The first kappa shape index (κ1) is 17.0. The molecule has 1 saturated heterocycles. The van der Waals surface area contributed by atoms with Crippen LogP contribution >= 0.6 is 11.3 Å². The lowest BCUT2D eigenvalue weighted by Gasteiger charge is -2.30. The van der Waals surface area contributed by atoms with Crippen molar-refractivity contribution in [3.63, 3.8) is 0 Å². The van der Waals surface area contributed by atoms with E-state index in [4.69, 9.17) is 4.52 Å². The zero-order valence-corrected chi connectivity index (χ0v) is 15.5. The highest BCUT2D eigenvalue weighted by molar-refractivity contribution is 7.20. The Morgan fingerprint density at radius 2 is 2.21 bits per heavy atom. The van der Waals surface area contributed by atoms with Gasteiger partial charge in [0.05, 0.1) is 5.92 Å². The topological polar surface area (TPSA) is 89.4 Å². The second-order valence-electron chi connectivity index (χ2n) is 6.61. The van der Waals surface area contributed by atoms with Crippen LogP contribution in [0.15, 0.2) is 45.8 Å². The van der Waals surface area contributed by atoms with Crippen LogP contribution in [0.5, 0.6) is 0 Å². The van der Waals surface area contributed by atoms with E-state index in [1.54, 1.807) is 12.1 Å². The minimum Gasteiger partial charge on any atom is -0.346 e. The van der Waals surface area contributed by atoms with Crippen molar-refractivity contribution in [2.75, 3.05) is 18.0 Å². The molecule has 0 aliphatic carbocycles. The van der Waals surface area contributed by atoms with Gasteiger partial charge in [-0.25, -0.2) is 9.37 Å². The van der Waals surface area contributed by atoms with Crippen molar-refractivity contribution in [2.45, 2.75) is 18.8 Å². The van der Waals surface area contributed by atoms with Gasteiger partial charge in [0.25, 0.3) is 5.56 Å². The molecule has 0 amide bonds. The van der Waals surface area contributed by atoms with Crippen molar-refractivity contribution in [2.24, 2.45) is 0 Å². The first-order valence-electron chi connectivity index (χ1n) is 8.87. The van der Waals surface area contributed by atoms with Crippen molar-refractivity contribution < 1.29 is 8.91 Å². The number of nitrogens with zero attached hydrogens (tertiary/aromatic N) is 6. The van der Waals surface area contributed by atoms with Gasteiger partial charge in [-0.1, -0.05) is 28.6 Å². The van der Waals surface area contributed by atoms with Gasteiger partial charge in [0, 0.05) is 30.9 Å². The average Bonchev–Trinajstić information content (AvgIpc) is 3.36. The molecule has 8 nitrogen and oxygen atoms in total. The maximum absolute atomic E-state index is 13.4. The van der Waals surface area contributed by atoms with Gasteiger partial charge in [-0.3, -0.25) is 4.79 Å². The van der Waals surface area contributed by atoms with E-state index < -0.39 is 0 Å². The molecule has 3 aromatic heterocycles. The molecule has 142 valence electrons. The molecular formula is C18H15FN6O2S. The van der Waals surface area contributed by atoms with Crippen LogP contribution in [0.4, 0.5) is 9.52 Å². The van der Waals surface area contributed by atoms with Crippen LogP contribution in [-0.4, -0.2) is 37.8 Å². The van der Waals surface area contributed by atoms with Gasteiger partial charge < -0.3 is 9.42 Å². The number of rotatable bonds is 3. The maximum atomic E-state index is 13.4. The van der Waals surface area contributed by atoms with E-state index in [1.165, 1.54) is 40.2 Å². The molecule has 0 radical (unpaired) electrons. The molecule has 1 aliphatic heterocycles. The van der Waals surface area contributed by atoms with Gasteiger partial charge in [-0.05, 0) is 25.0 Å². The Balaban J connectivity index is 1.40. The summed E-state index contributed by atoms with van der Waals surface area (Å²) < 4.78 is 20.2. The smallest absolute Gasteiger partial charge is 0.275 e. The Hall–Kier alpha value is -3.14. The lowest BCUT2D eigenvalue weighted by atomic mass is 9.98. The van der Waals surface area contributed by atoms with Gasteiger partial charge in [0.2, 0.25) is 21.8 Å². The number of anilines is 1. The molecule has 0 spiro atoms. The summed E-state index contributed by atoms with van der Waals surface area (Å²) in [5.74, 6) is 0.607. The Kier molecular flexibility index (Phi) is 4.12. The quantitative estimate of drug-likeness (QED) is 0.524. The van der Waals surface area contributed by atoms with Crippen LogP contribution in [0, 0.1) is 5.82 Å². The molecule has 0 saturated carbocycles. The van der Waals surface area contributed by atoms with Crippen LogP contribution < -0.4 is 10.5 Å². The second kappa shape index (κ2) is 6.79. The number of piperidine rings is 1. The zero-order valence-electron chi connectivity index (χ0n) is 14.7. The minimum absolute atomic E-state index is 0.0419. The molecule has 0 bridgehead atoms. The molecule has 1 aromatic carbocycles. The SMILES string of the molecule is O=c1ccnc2sc(N3CCCC(c4nc(-c5cccc(F)c5)no4)C3)nn12. The Morgan fingerprint density at radius 1 is 1.29 bits per heavy atom. The monoisotopic (exact) mass is 398 g/mol. The van der Waals surface area contributed by atoms with E-state index >= 15 is 0 Å². The van der Waals surface area contributed by atoms with Crippen molar-refractivity contribution in [3.8, 4) is 11.4 Å². The molecule has 1 aliphatic rings. The Morgan fingerprint density at radius 3 is 3.07 bits per heavy atom. The number of halogens is 1. The third-order valence-electron chi connectivity index (χ3n) is 4.73. The summed E-state index contributed by atoms with van der Waals surface area (Å²) >= 11 is 1.38. The highest BCUT2D eigenvalue weighted by Gasteiger charge is 2.28. The summed E-state index contributed by atoms with van der Waals surface area (Å²) in [5, 5.41) is 9.15. The van der Waals surface area contributed by atoms with E-state index in [2.05, 4.69) is 25.1 Å². The van der Waals surface area contributed by atoms with Crippen LogP contribution in [0.25, 0.3) is 16.3 Å². The van der Waals surface area contributed by atoms with E-state index in [0.717, 1.165) is 24.5 Å². The van der Waals surface area contributed by atoms with E-state index in [-0.39, 0.29) is 17.3 Å². The van der Waals surface area contributed by atoms with Gasteiger partial charge in [-0.15, -0.1) is 5.10 Å². The fourth-order valence-corrected chi connectivity index (χ4v) is 4.27. The third-order valence-corrected chi connectivity index (χ3v) is 5.71. The highest BCUT2D eigenvalue weighted by atomic mass is 32.1. The van der Waals surface area contributed by atoms with Crippen LogP contribution in [0.3, 0.4) is 0 Å². The molecule has 10 heteroatoms. The molecule has 0 N–H and O–H groups in total. The third kappa shape index (κ3) is 3.05.